The van der Waals surface area contributed by atoms with Crippen molar-refractivity contribution in [3.63, 3.8) is 0 Å². The maximum Gasteiger partial charge on any atom is 0.159 e. The number of aromatic nitrogens is 2. The fraction of sp³-hybridized carbons (Fsp3) is 0.176. The Balaban J connectivity index is 1.99. The highest BCUT2D eigenvalue weighted by molar-refractivity contribution is 5.94. The number of imidazole rings is 1. The van der Waals surface area contributed by atoms with Gasteiger partial charge in [-0.2, -0.15) is 0 Å². The smallest absolute Gasteiger partial charge is 0.159 e. The summed E-state index contributed by atoms with van der Waals surface area (Å²) in [5.41, 5.74) is 4.00. The number of carbonyl (C=O) groups excluding carboxylic acids is 1. The third-order valence-corrected chi connectivity index (χ3v) is 3.58. The van der Waals surface area contributed by atoms with Gasteiger partial charge in [0.1, 0.15) is 5.82 Å². The topological polar surface area (TPSA) is 34.9 Å². The maximum atomic E-state index is 11.4. The normalized spacial score (nSPS) is 10.9. The Morgan fingerprint density at radius 1 is 1.15 bits per heavy atom. The zero-order chi connectivity index (χ0) is 14.1. The van der Waals surface area contributed by atoms with Gasteiger partial charge in [-0.15, -0.1) is 0 Å². The lowest BCUT2D eigenvalue weighted by Gasteiger charge is -2.04. The van der Waals surface area contributed by atoms with Gasteiger partial charge in [0.05, 0.1) is 11.0 Å². The highest BCUT2D eigenvalue weighted by Crippen LogP contribution is 2.17. The van der Waals surface area contributed by atoms with Gasteiger partial charge in [-0.1, -0.05) is 30.3 Å². The van der Waals surface area contributed by atoms with Gasteiger partial charge in [0.25, 0.3) is 0 Å². The predicted octanol–water partition coefficient (Wildman–Crippen LogP) is 3.37. The number of benzene rings is 2. The number of hydrogen-bond acceptors (Lipinski definition) is 2. The van der Waals surface area contributed by atoms with Crippen LogP contribution in [-0.2, 0) is 13.5 Å². The Morgan fingerprint density at radius 3 is 2.70 bits per heavy atom. The van der Waals surface area contributed by atoms with Crippen LogP contribution in [-0.4, -0.2) is 15.3 Å². The highest BCUT2D eigenvalue weighted by atomic mass is 16.1. The van der Waals surface area contributed by atoms with Crippen molar-refractivity contribution in [3.05, 3.63) is 65.5 Å². The first kappa shape index (κ1) is 12.6. The van der Waals surface area contributed by atoms with Gasteiger partial charge in [0, 0.05) is 19.0 Å². The van der Waals surface area contributed by atoms with E-state index in [0.29, 0.717) is 0 Å². The van der Waals surface area contributed by atoms with E-state index in [0.717, 1.165) is 34.4 Å². The van der Waals surface area contributed by atoms with Crippen LogP contribution in [0.1, 0.15) is 28.7 Å². The monoisotopic (exact) mass is 264 g/mol. The lowest BCUT2D eigenvalue weighted by atomic mass is 10.1. The van der Waals surface area contributed by atoms with Crippen LogP contribution in [0.15, 0.2) is 48.5 Å². The minimum absolute atomic E-state index is 0.0943. The zero-order valence-corrected chi connectivity index (χ0v) is 11.6. The Morgan fingerprint density at radius 2 is 1.95 bits per heavy atom. The average molecular weight is 264 g/mol. The van der Waals surface area contributed by atoms with Crippen LogP contribution >= 0.6 is 0 Å². The fourth-order valence-electron chi connectivity index (χ4n) is 2.44. The van der Waals surface area contributed by atoms with E-state index < -0.39 is 0 Å². The lowest BCUT2D eigenvalue weighted by Crippen LogP contribution is -2.00. The molecule has 0 N–H and O–H groups in total. The number of Topliss-reactive ketones (excluding diaryl/α,β-unsaturated/α-hetero) is 1. The van der Waals surface area contributed by atoms with Gasteiger partial charge in [0.15, 0.2) is 5.78 Å². The van der Waals surface area contributed by atoms with Gasteiger partial charge in [-0.25, -0.2) is 4.98 Å². The molecule has 3 aromatic rings. The molecule has 2 aromatic carbocycles. The molecule has 0 unspecified atom stereocenters. The summed E-state index contributed by atoms with van der Waals surface area (Å²) >= 11 is 0. The molecule has 3 rings (SSSR count). The molecule has 0 radical (unpaired) electrons. The van der Waals surface area contributed by atoms with E-state index >= 15 is 0 Å². The molecule has 0 aliphatic carbocycles. The number of fused-ring (bicyclic) bond motifs is 1. The highest BCUT2D eigenvalue weighted by Gasteiger charge is 2.08. The summed E-state index contributed by atoms with van der Waals surface area (Å²) in [6.45, 7) is 1.59. The Bertz CT molecular complexity index is 787. The SMILES string of the molecule is CC(=O)c1cccc(Cc2nc3ccccc3n2C)c1. The van der Waals surface area contributed by atoms with Crippen LogP contribution in [0.5, 0.6) is 0 Å². The number of aryl methyl sites for hydroxylation is 1. The van der Waals surface area contributed by atoms with Crippen LogP contribution in [0.25, 0.3) is 11.0 Å². The number of carbonyl (C=O) groups is 1. The standard InChI is InChI=1S/C17H16N2O/c1-12(20)14-7-5-6-13(10-14)11-17-18-15-8-3-4-9-16(15)19(17)2/h3-10H,11H2,1-2H3. The van der Waals surface area contributed by atoms with Gasteiger partial charge in [-0.05, 0) is 30.7 Å². The van der Waals surface area contributed by atoms with Crippen molar-refractivity contribution in [1.82, 2.24) is 9.55 Å². The molecule has 0 spiro atoms. The van der Waals surface area contributed by atoms with Gasteiger partial charge in [-0.3, -0.25) is 4.79 Å². The summed E-state index contributed by atoms with van der Waals surface area (Å²) < 4.78 is 2.11. The van der Waals surface area contributed by atoms with E-state index in [-0.39, 0.29) is 5.78 Å². The fourth-order valence-corrected chi connectivity index (χ4v) is 2.44. The summed E-state index contributed by atoms with van der Waals surface area (Å²) in [5.74, 6) is 1.10. The number of nitrogens with zero attached hydrogens (tertiary/aromatic N) is 2. The molecule has 20 heavy (non-hydrogen) atoms. The first-order valence-electron chi connectivity index (χ1n) is 6.65. The molecule has 100 valence electrons. The Hall–Kier alpha value is -2.42. The van der Waals surface area contributed by atoms with E-state index in [1.54, 1.807) is 6.92 Å². The second-order valence-corrected chi connectivity index (χ2v) is 5.01. The van der Waals surface area contributed by atoms with Crippen molar-refractivity contribution in [2.24, 2.45) is 7.05 Å². The molecule has 3 nitrogen and oxygen atoms in total. The average Bonchev–Trinajstić information content (AvgIpc) is 2.76. The second-order valence-electron chi connectivity index (χ2n) is 5.01. The van der Waals surface area contributed by atoms with E-state index in [1.165, 1.54) is 0 Å². The second kappa shape index (κ2) is 4.93. The molecule has 3 heteroatoms. The molecule has 0 fully saturated rings. The lowest BCUT2D eigenvalue weighted by molar-refractivity contribution is 0.101. The van der Waals surface area contributed by atoms with Gasteiger partial charge >= 0.3 is 0 Å². The molecule has 0 saturated carbocycles. The molecule has 0 bridgehead atoms. The van der Waals surface area contributed by atoms with Crippen molar-refractivity contribution in [1.29, 1.82) is 0 Å². The van der Waals surface area contributed by atoms with Gasteiger partial charge < -0.3 is 4.57 Å². The van der Waals surface area contributed by atoms with E-state index in [1.807, 2.05) is 49.5 Å². The molecular weight excluding hydrogens is 248 g/mol. The third-order valence-electron chi connectivity index (χ3n) is 3.58. The maximum absolute atomic E-state index is 11.4. The number of ketones is 1. The van der Waals surface area contributed by atoms with Crippen LogP contribution in [0.4, 0.5) is 0 Å². The first-order chi connectivity index (χ1) is 9.65. The Kier molecular flexibility index (Phi) is 3.11. The molecule has 0 atom stereocenters. The zero-order valence-electron chi connectivity index (χ0n) is 11.6. The van der Waals surface area contributed by atoms with Crippen molar-refractivity contribution in [2.45, 2.75) is 13.3 Å². The predicted molar refractivity (Wildman–Crippen MR) is 80.0 cm³/mol. The van der Waals surface area contributed by atoms with Crippen LogP contribution in [0.3, 0.4) is 0 Å². The Labute approximate surface area is 117 Å². The van der Waals surface area contributed by atoms with Crippen molar-refractivity contribution >= 4 is 16.8 Å². The number of hydrogen-bond donors (Lipinski definition) is 0. The van der Waals surface area contributed by atoms with E-state index in [9.17, 15) is 4.79 Å². The van der Waals surface area contributed by atoms with Crippen molar-refractivity contribution < 1.29 is 4.79 Å². The van der Waals surface area contributed by atoms with Crippen molar-refractivity contribution in [3.8, 4) is 0 Å². The number of rotatable bonds is 3. The quantitative estimate of drug-likeness (QED) is 0.680. The molecular formula is C17H16N2O. The minimum atomic E-state index is 0.0943. The summed E-state index contributed by atoms with van der Waals surface area (Å²) in [4.78, 5) is 16.1. The van der Waals surface area contributed by atoms with E-state index in [2.05, 4.69) is 15.6 Å². The summed E-state index contributed by atoms with van der Waals surface area (Å²) in [6, 6.07) is 15.9. The van der Waals surface area contributed by atoms with Gasteiger partial charge in [0.2, 0.25) is 0 Å². The van der Waals surface area contributed by atoms with Crippen LogP contribution in [0.2, 0.25) is 0 Å². The molecule has 0 amide bonds. The molecule has 1 aromatic heterocycles. The summed E-state index contributed by atoms with van der Waals surface area (Å²) in [5, 5.41) is 0. The third kappa shape index (κ3) is 2.23. The van der Waals surface area contributed by atoms with Crippen LogP contribution in [0, 0.1) is 0 Å². The van der Waals surface area contributed by atoms with E-state index in [4.69, 9.17) is 0 Å². The summed E-state index contributed by atoms with van der Waals surface area (Å²) in [7, 11) is 2.03. The summed E-state index contributed by atoms with van der Waals surface area (Å²) in [6.07, 6.45) is 0.728. The number of para-hydroxylation sites is 2. The first-order valence-corrected chi connectivity index (χ1v) is 6.65. The van der Waals surface area contributed by atoms with Crippen molar-refractivity contribution in [2.75, 3.05) is 0 Å². The molecule has 0 saturated heterocycles. The molecule has 0 aliphatic rings. The van der Waals surface area contributed by atoms with Crippen LogP contribution < -0.4 is 0 Å². The molecule has 1 heterocycles. The largest absolute Gasteiger partial charge is 0.331 e. The molecule has 0 aliphatic heterocycles. The minimum Gasteiger partial charge on any atom is -0.331 e.